The van der Waals surface area contributed by atoms with Crippen LogP contribution in [0.5, 0.6) is 0 Å². The molecule has 0 aliphatic heterocycles. The lowest BCUT2D eigenvalue weighted by Gasteiger charge is -2.18. The van der Waals surface area contributed by atoms with Crippen molar-refractivity contribution in [3.63, 3.8) is 0 Å². The summed E-state index contributed by atoms with van der Waals surface area (Å²) < 4.78 is 1.04. The van der Waals surface area contributed by atoms with Gasteiger partial charge in [-0.1, -0.05) is 13.8 Å². The summed E-state index contributed by atoms with van der Waals surface area (Å²) in [6.45, 7) is 7.38. The first-order valence-corrected chi connectivity index (χ1v) is 5.70. The van der Waals surface area contributed by atoms with E-state index in [-0.39, 0.29) is 5.92 Å². The summed E-state index contributed by atoms with van der Waals surface area (Å²) in [5, 5.41) is 18.9. The monoisotopic (exact) mass is 311 g/mol. The molecule has 3 nitrogen and oxygen atoms in total. The number of aliphatic imine (C=N–C) groups is 1. The fourth-order valence-corrected chi connectivity index (χ4v) is 1.12. The smallest absolute Gasteiger partial charge is 0.118 e. The van der Waals surface area contributed by atoms with Gasteiger partial charge in [0.2, 0.25) is 0 Å². The Morgan fingerprint density at radius 3 is 2.07 bits per heavy atom. The number of aliphatic hydroxyl groups excluding tert-OH is 2. The zero-order valence-electron chi connectivity index (χ0n) is 9.03. The number of nitrogens with zero attached hydrogens (tertiary/aromatic N) is 1. The second-order valence-electron chi connectivity index (χ2n) is 3.61. The fraction of sp³-hybridized carbons (Fsp3) is 0.700. The molecule has 2 atom stereocenters. The van der Waals surface area contributed by atoms with Gasteiger partial charge in [-0.25, -0.2) is 0 Å². The molecule has 0 rings (SSSR count). The molecule has 82 valence electrons. The average Bonchev–Trinajstić information content (AvgIpc) is 2.02. The van der Waals surface area contributed by atoms with Gasteiger partial charge in [-0.3, -0.25) is 4.99 Å². The predicted octanol–water partition coefficient (Wildman–Crippen LogP) is 2.12. The van der Waals surface area contributed by atoms with Crippen molar-refractivity contribution in [3.05, 3.63) is 9.78 Å². The van der Waals surface area contributed by atoms with E-state index in [2.05, 4.69) is 27.6 Å². The molecule has 2 N–H and O–H groups in total. The third kappa shape index (κ3) is 5.07. The highest BCUT2D eigenvalue weighted by atomic mass is 127. The van der Waals surface area contributed by atoms with E-state index in [1.165, 1.54) is 0 Å². The normalized spacial score (nSPS) is 18.6. The molecule has 0 heterocycles. The minimum absolute atomic E-state index is 0.131. The SMILES string of the molecule is C/C(I)=C\N=C(C(C)C)C(O)C(C)O. The lowest BCUT2D eigenvalue weighted by atomic mass is 9.99. The number of rotatable bonds is 4. The quantitative estimate of drug-likeness (QED) is 0.617. The standard InChI is InChI=1S/C10H18INO2/c1-6(2)9(10(14)8(4)13)12-5-7(3)11/h5-6,8,10,13-14H,1-4H3/b7-5+,12-9?. The Bertz CT molecular complexity index is 230. The lowest BCUT2D eigenvalue weighted by Crippen LogP contribution is -2.34. The minimum Gasteiger partial charge on any atom is -0.390 e. The zero-order chi connectivity index (χ0) is 11.3. The number of halogens is 1. The first-order valence-electron chi connectivity index (χ1n) is 4.62. The first kappa shape index (κ1) is 14.1. The van der Waals surface area contributed by atoms with Crippen molar-refractivity contribution in [1.29, 1.82) is 0 Å². The average molecular weight is 311 g/mol. The Labute approximate surface area is 99.1 Å². The molecule has 14 heavy (non-hydrogen) atoms. The van der Waals surface area contributed by atoms with Crippen LogP contribution in [-0.2, 0) is 0 Å². The summed E-state index contributed by atoms with van der Waals surface area (Å²) in [4.78, 5) is 4.18. The van der Waals surface area contributed by atoms with E-state index in [4.69, 9.17) is 0 Å². The molecule has 0 aromatic heterocycles. The van der Waals surface area contributed by atoms with Crippen LogP contribution >= 0.6 is 22.6 Å². The van der Waals surface area contributed by atoms with Gasteiger partial charge in [0.1, 0.15) is 6.10 Å². The molecule has 4 heteroatoms. The van der Waals surface area contributed by atoms with Crippen molar-refractivity contribution in [1.82, 2.24) is 0 Å². The molecule has 0 fully saturated rings. The van der Waals surface area contributed by atoms with Crippen LogP contribution in [0.25, 0.3) is 0 Å². The van der Waals surface area contributed by atoms with Crippen LogP contribution in [0.4, 0.5) is 0 Å². The molecular weight excluding hydrogens is 293 g/mol. The topological polar surface area (TPSA) is 52.8 Å². The third-order valence-corrected chi connectivity index (χ3v) is 2.02. The minimum atomic E-state index is -0.873. The third-order valence-electron chi connectivity index (χ3n) is 1.74. The van der Waals surface area contributed by atoms with Crippen LogP contribution in [0.3, 0.4) is 0 Å². The van der Waals surface area contributed by atoms with E-state index in [1.54, 1.807) is 13.1 Å². The van der Waals surface area contributed by atoms with E-state index in [1.807, 2.05) is 20.8 Å². The van der Waals surface area contributed by atoms with Crippen molar-refractivity contribution in [3.8, 4) is 0 Å². The molecule has 0 aromatic rings. The Balaban J connectivity index is 4.77. The lowest BCUT2D eigenvalue weighted by molar-refractivity contribution is 0.0712. The first-order chi connectivity index (χ1) is 6.36. The highest BCUT2D eigenvalue weighted by molar-refractivity contribution is 14.1. The van der Waals surface area contributed by atoms with E-state index in [9.17, 15) is 10.2 Å². The van der Waals surface area contributed by atoms with Gasteiger partial charge < -0.3 is 10.2 Å². The van der Waals surface area contributed by atoms with Gasteiger partial charge in [0, 0.05) is 9.78 Å². The van der Waals surface area contributed by atoms with Crippen LogP contribution in [0, 0.1) is 5.92 Å². The molecule has 0 spiro atoms. The van der Waals surface area contributed by atoms with Crippen molar-refractivity contribution < 1.29 is 10.2 Å². The van der Waals surface area contributed by atoms with Crippen molar-refractivity contribution in [2.75, 3.05) is 0 Å². The van der Waals surface area contributed by atoms with E-state index in [0.717, 1.165) is 3.58 Å². The summed E-state index contributed by atoms with van der Waals surface area (Å²) in [6.07, 6.45) is 0.0441. The molecule has 0 aliphatic carbocycles. The summed E-state index contributed by atoms with van der Waals surface area (Å²) in [6, 6.07) is 0. The van der Waals surface area contributed by atoms with Gasteiger partial charge in [-0.05, 0) is 42.4 Å². The second kappa shape index (κ2) is 6.53. The van der Waals surface area contributed by atoms with Gasteiger partial charge in [-0.15, -0.1) is 0 Å². The Hall–Kier alpha value is 0.0600. The Kier molecular flexibility index (Phi) is 6.55. The van der Waals surface area contributed by atoms with Crippen LogP contribution in [-0.4, -0.2) is 28.1 Å². The maximum Gasteiger partial charge on any atom is 0.118 e. The number of hydrogen-bond donors (Lipinski definition) is 2. The Morgan fingerprint density at radius 1 is 1.29 bits per heavy atom. The van der Waals surface area contributed by atoms with Gasteiger partial charge in [0.25, 0.3) is 0 Å². The summed E-state index contributed by atoms with van der Waals surface area (Å²) >= 11 is 2.15. The van der Waals surface area contributed by atoms with Crippen molar-refractivity contribution >= 4 is 28.3 Å². The summed E-state index contributed by atoms with van der Waals surface area (Å²) in [5.74, 6) is 0.131. The van der Waals surface area contributed by atoms with E-state index < -0.39 is 12.2 Å². The predicted molar refractivity (Wildman–Crippen MR) is 67.7 cm³/mol. The van der Waals surface area contributed by atoms with Gasteiger partial charge in [0.05, 0.1) is 11.8 Å². The highest BCUT2D eigenvalue weighted by Crippen LogP contribution is 2.09. The number of aliphatic hydroxyl groups is 2. The Morgan fingerprint density at radius 2 is 1.79 bits per heavy atom. The molecule has 0 bridgehead atoms. The molecule has 2 unspecified atom stereocenters. The van der Waals surface area contributed by atoms with Crippen LogP contribution in [0.1, 0.15) is 27.7 Å². The maximum absolute atomic E-state index is 9.66. The van der Waals surface area contributed by atoms with Crippen LogP contribution < -0.4 is 0 Å². The van der Waals surface area contributed by atoms with Gasteiger partial charge >= 0.3 is 0 Å². The van der Waals surface area contributed by atoms with Crippen LogP contribution in [0.15, 0.2) is 14.8 Å². The number of hydrogen-bond acceptors (Lipinski definition) is 3. The van der Waals surface area contributed by atoms with E-state index in [0.29, 0.717) is 5.71 Å². The molecular formula is C10H18INO2. The van der Waals surface area contributed by atoms with Gasteiger partial charge in [-0.2, -0.15) is 0 Å². The zero-order valence-corrected chi connectivity index (χ0v) is 11.2. The maximum atomic E-state index is 9.66. The molecule has 0 saturated heterocycles. The van der Waals surface area contributed by atoms with E-state index >= 15 is 0 Å². The molecule has 0 saturated carbocycles. The van der Waals surface area contributed by atoms with Crippen molar-refractivity contribution in [2.24, 2.45) is 10.9 Å². The fourth-order valence-electron chi connectivity index (χ4n) is 0.978. The summed E-state index contributed by atoms with van der Waals surface area (Å²) in [7, 11) is 0. The number of allylic oxidation sites excluding steroid dienone is 1. The summed E-state index contributed by atoms with van der Waals surface area (Å²) in [5.41, 5.74) is 0.621. The molecule has 0 radical (unpaired) electrons. The van der Waals surface area contributed by atoms with Gasteiger partial charge in [0.15, 0.2) is 0 Å². The second-order valence-corrected chi connectivity index (χ2v) is 5.31. The molecule has 0 aromatic carbocycles. The van der Waals surface area contributed by atoms with Crippen LogP contribution in [0.2, 0.25) is 0 Å². The largest absolute Gasteiger partial charge is 0.390 e. The molecule has 0 amide bonds. The highest BCUT2D eigenvalue weighted by Gasteiger charge is 2.20. The van der Waals surface area contributed by atoms with Crippen molar-refractivity contribution in [2.45, 2.75) is 39.9 Å². The molecule has 0 aliphatic rings.